The average molecular weight is 265 g/mol. The third kappa shape index (κ3) is 5.92. The molecule has 18 heavy (non-hydrogen) atoms. The number of nitrogens with one attached hydrogen (secondary N) is 1. The van der Waals surface area contributed by atoms with E-state index in [-0.39, 0.29) is 0 Å². The Hall–Kier alpha value is -0.470. The van der Waals surface area contributed by atoms with Gasteiger partial charge in [-0.25, -0.2) is 0 Å². The minimum absolute atomic E-state index is 0.843. The van der Waals surface area contributed by atoms with Gasteiger partial charge in [-0.3, -0.25) is 0 Å². The van der Waals surface area contributed by atoms with Crippen LogP contribution in [-0.4, -0.2) is 12.8 Å². The summed E-state index contributed by atoms with van der Waals surface area (Å²) in [5.41, 5.74) is 1.39. The van der Waals surface area contributed by atoms with Gasteiger partial charge < -0.3 is 5.32 Å². The van der Waals surface area contributed by atoms with Gasteiger partial charge in [-0.05, 0) is 42.8 Å². The Labute approximate surface area is 117 Å². The maximum atomic E-state index is 3.59. The molecule has 102 valence electrons. The van der Waals surface area contributed by atoms with E-state index in [1.54, 1.807) is 11.8 Å². The van der Waals surface area contributed by atoms with Crippen LogP contribution in [0.1, 0.15) is 45.1 Å². The summed E-state index contributed by atoms with van der Waals surface area (Å²) >= 11 is 1.80. The Kier molecular flexibility index (Phi) is 8.19. The Balaban J connectivity index is 2.26. The van der Waals surface area contributed by atoms with Crippen LogP contribution in [0.3, 0.4) is 0 Å². The van der Waals surface area contributed by atoms with Gasteiger partial charge in [0.15, 0.2) is 0 Å². The lowest BCUT2D eigenvalue weighted by molar-refractivity contribution is 0.419. The molecule has 2 heteroatoms. The Morgan fingerprint density at radius 1 is 1.17 bits per heavy atom. The lowest BCUT2D eigenvalue weighted by atomic mass is 9.99. The molecule has 1 nitrogen and oxygen atoms in total. The van der Waals surface area contributed by atoms with Crippen molar-refractivity contribution in [2.24, 2.45) is 5.92 Å². The van der Waals surface area contributed by atoms with E-state index < -0.39 is 0 Å². The fourth-order valence-electron chi connectivity index (χ4n) is 2.11. The number of unbranched alkanes of at least 4 members (excludes halogenated alkanes) is 1. The molecule has 0 aliphatic rings. The van der Waals surface area contributed by atoms with Crippen LogP contribution >= 0.6 is 11.8 Å². The van der Waals surface area contributed by atoms with Crippen LogP contribution in [0.25, 0.3) is 0 Å². The molecule has 0 spiro atoms. The van der Waals surface area contributed by atoms with Crippen LogP contribution < -0.4 is 5.32 Å². The zero-order valence-electron chi connectivity index (χ0n) is 12.0. The second kappa shape index (κ2) is 9.46. The number of benzene rings is 1. The third-order valence-electron chi connectivity index (χ3n) is 3.46. The highest BCUT2D eigenvalue weighted by Gasteiger charge is 2.04. The SMILES string of the molecule is CCCCC(CC)CNCc1ccc(SC)cc1. The highest BCUT2D eigenvalue weighted by molar-refractivity contribution is 7.98. The monoisotopic (exact) mass is 265 g/mol. The summed E-state index contributed by atoms with van der Waals surface area (Å²) in [6.07, 6.45) is 7.45. The minimum atomic E-state index is 0.843. The molecule has 1 unspecified atom stereocenters. The van der Waals surface area contributed by atoms with E-state index >= 15 is 0 Å². The number of rotatable bonds is 9. The number of thioether (sulfide) groups is 1. The highest BCUT2D eigenvalue weighted by Crippen LogP contribution is 2.15. The van der Waals surface area contributed by atoms with E-state index in [1.165, 1.54) is 36.1 Å². The van der Waals surface area contributed by atoms with Crippen LogP contribution in [0.4, 0.5) is 0 Å². The van der Waals surface area contributed by atoms with Gasteiger partial charge in [0.25, 0.3) is 0 Å². The van der Waals surface area contributed by atoms with Gasteiger partial charge in [0, 0.05) is 11.4 Å². The second-order valence-electron chi connectivity index (χ2n) is 4.90. The summed E-state index contributed by atoms with van der Waals surface area (Å²) in [6, 6.07) is 8.86. The molecule has 0 aliphatic heterocycles. The highest BCUT2D eigenvalue weighted by atomic mass is 32.2. The number of hydrogen-bond donors (Lipinski definition) is 1. The molecule has 1 N–H and O–H groups in total. The van der Waals surface area contributed by atoms with Crippen LogP contribution in [-0.2, 0) is 6.54 Å². The Morgan fingerprint density at radius 2 is 1.89 bits per heavy atom. The Bertz CT molecular complexity index is 307. The zero-order valence-corrected chi connectivity index (χ0v) is 12.9. The molecule has 0 heterocycles. The maximum Gasteiger partial charge on any atom is 0.0205 e. The first-order valence-electron chi connectivity index (χ1n) is 7.13. The van der Waals surface area contributed by atoms with E-state index in [9.17, 15) is 0 Å². The summed E-state index contributed by atoms with van der Waals surface area (Å²) in [5.74, 6) is 0.843. The second-order valence-corrected chi connectivity index (χ2v) is 5.78. The molecule has 1 rings (SSSR count). The number of hydrogen-bond acceptors (Lipinski definition) is 2. The molecule has 0 saturated heterocycles. The molecule has 0 fully saturated rings. The molecule has 1 atom stereocenters. The van der Waals surface area contributed by atoms with Crippen molar-refractivity contribution in [3.8, 4) is 0 Å². The minimum Gasteiger partial charge on any atom is -0.312 e. The molecule has 0 saturated carbocycles. The van der Waals surface area contributed by atoms with Gasteiger partial charge in [0.1, 0.15) is 0 Å². The normalized spacial score (nSPS) is 12.6. The van der Waals surface area contributed by atoms with Crippen molar-refractivity contribution < 1.29 is 0 Å². The molecule has 1 aromatic carbocycles. The summed E-state index contributed by atoms with van der Waals surface area (Å²) in [7, 11) is 0. The fraction of sp³-hybridized carbons (Fsp3) is 0.625. The van der Waals surface area contributed by atoms with Crippen molar-refractivity contribution in [3.63, 3.8) is 0 Å². The van der Waals surface area contributed by atoms with Crippen molar-refractivity contribution >= 4 is 11.8 Å². The van der Waals surface area contributed by atoms with E-state index in [0.29, 0.717) is 0 Å². The van der Waals surface area contributed by atoms with Crippen molar-refractivity contribution in [2.45, 2.75) is 51.0 Å². The van der Waals surface area contributed by atoms with Gasteiger partial charge in [-0.15, -0.1) is 11.8 Å². The maximum absolute atomic E-state index is 3.59. The first-order valence-corrected chi connectivity index (χ1v) is 8.36. The topological polar surface area (TPSA) is 12.0 Å². The molecule has 0 amide bonds. The molecule has 0 aliphatic carbocycles. The first-order chi connectivity index (χ1) is 8.80. The van der Waals surface area contributed by atoms with Crippen molar-refractivity contribution in [3.05, 3.63) is 29.8 Å². The quantitative estimate of drug-likeness (QED) is 0.649. The lowest BCUT2D eigenvalue weighted by Gasteiger charge is -2.15. The summed E-state index contributed by atoms with van der Waals surface area (Å²) in [5, 5.41) is 3.59. The largest absolute Gasteiger partial charge is 0.312 e. The molecule has 0 radical (unpaired) electrons. The average Bonchev–Trinajstić information content (AvgIpc) is 2.43. The van der Waals surface area contributed by atoms with Gasteiger partial charge in [0.05, 0.1) is 0 Å². The first kappa shape index (κ1) is 15.6. The van der Waals surface area contributed by atoms with Gasteiger partial charge in [0.2, 0.25) is 0 Å². The predicted molar refractivity (Wildman–Crippen MR) is 83.2 cm³/mol. The van der Waals surface area contributed by atoms with Crippen molar-refractivity contribution in [1.29, 1.82) is 0 Å². The standard InChI is InChI=1S/C16H27NS/c1-4-6-7-14(5-2)12-17-13-15-8-10-16(18-3)11-9-15/h8-11,14,17H,4-7,12-13H2,1-3H3. The Morgan fingerprint density at radius 3 is 2.44 bits per heavy atom. The van der Waals surface area contributed by atoms with Crippen LogP contribution in [0, 0.1) is 5.92 Å². The van der Waals surface area contributed by atoms with E-state index in [0.717, 1.165) is 19.0 Å². The van der Waals surface area contributed by atoms with Gasteiger partial charge in [-0.2, -0.15) is 0 Å². The zero-order chi connectivity index (χ0) is 13.2. The molecule has 1 aromatic rings. The predicted octanol–water partition coefficient (Wildman–Crippen LogP) is 4.71. The fourth-order valence-corrected chi connectivity index (χ4v) is 2.52. The molecule has 0 bridgehead atoms. The van der Waals surface area contributed by atoms with E-state index in [4.69, 9.17) is 0 Å². The van der Waals surface area contributed by atoms with E-state index in [1.807, 2.05) is 0 Å². The van der Waals surface area contributed by atoms with Crippen LogP contribution in [0.2, 0.25) is 0 Å². The molecular weight excluding hydrogens is 238 g/mol. The smallest absolute Gasteiger partial charge is 0.0205 e. The van der Waals surface area contributed by atoms with Gasteiger partial charge in [-0.1, -0.05) is 45.2 Å². The molecule has 0 aromatic heterocycles. The third-order valence-corrected chi connectivity index (χ3v) is 4.21. The van der Waals surface area contributed by atoms with Crippen molar-refractivity contribution in [2.75, 3.05) is 12.8 Å². The summed E-state index contributed by atoms with van der Waals surface area (Å²) in [6.45, 7) is 6.72. The summed E-state index contributed by atoms with van der Waals surface area (Å²) in [4.78, 5) is 1.34. The van der Waals surface area contributed by atoms with Gasteiger partial charge >= 0.3 is 0 Å². The van der Waals surface area contributed by atoms with Crippen LogP contribution in [0.15, 0.2) is 29.2 Å². The van der Waals surface area contributed by atoms with Crippen LogP contribution in [0.5, 0.6) is 0 Å². The van der Waals surface area contributed by atoms with Crippen molar-refractivity contribution in [1.82, 2.24) is 5.32 Å². The molecular formula is C16H27NS. The van der Waals surface area contributed by atoms with E-state index in [2.05, 4.69) is 49.7 Å². The summed E-state index contributed by atoms with van der Waals surface area (Å²) < 4.78 is 0. The lowest BCUT2D eigenvalue weighted by Crippen LogP contribution is -2.22.